The molecular formula is C65H45N. The van der Waals surface area contributed by atoms with Gasteiger partial charge in [0.1, 0.15) is 0 Å². The lowest BCUT2D eigenvalue weighted by Crippen LogP contribution is -2.28. The fraction of sp³-hybridized carbons (Fsp3) is 0.0154. The summed E-state index contributed by atoms with van der Waals surface area (Å²) in [7, 11) is 0. The highest BCUT2D eigenvalue weighted by Crippen LogP contribution is 2.59. The third kappa shape index (κ3) is 6.64. The van der Waals surface area contributed by atoms with Crippen molar-refractivity contribution in [3.05, 3.63) is 295 Å². The minimum atomic E-state index is -0.518. The third-order valence-corrected chi connectivity index (χ3v) is 13.6. The van der Waals surface area contributed by atoms with Gasteiger partial charge in [-0.1, -0.05) is 237 Å². The standard InChI is InChI=1S/C65H45N/c1-4-19-50(20-5-1)58-28-12-13-29-59(58)53-22-16-27-57(45-53)66(56-42-40-48(41-43-56)47-34-36-49(37-35-47)52-39-38-46-18-10-11-21-51(46)44-52)63-33-17-32-62-64(63)60-30-14-15-31-61(60)65(62,54-23-6-2-7-24-54)55-25-8-3-9-26-55/h1-45H. The second-order valence-corrected chi connectivity index (χ2v) is 17.2. The van der Waals surface area contributed by atoms with Crippen LogP contribution in [0.1, 0.15) is 22.3 Å². The zero-order valence-electron chi connectivity index (χ0n) is 36.4. The molecule has 11 aromatic carbocycles. The van der Waals surface area contributed by atoms with E-state index in [9.17, 15) is 0 Å². The molecule has 0 aromatic heterocycles. The van der Waals surface area contributed by atoms with E-state index in [1.165, 1.54) is 83.1 Å². The second kappa shape index (κ2) is 16.6. The lowest BCUT2D eigenvalue weighted by molar-refractivity contribution is 0.768. The Morgan fingerprint density at radius 3 is 1.42 bits per heavy atom. The normalized spacial score (nSPS) is 12.4. The van der Waals surface area contributed by atoms with E-state index in [0.717, 1.165) is 22.6 Å². The molecule has 0 amide bonds. The predicted octanol–water partition coefficient (Wildman–Crippen LogP) is 17.3. The lowest BCUT2D eigenvalue weighted by atomic mass is 9.68. The first-order valence-corrected chi connectivity index (χ1v) is 22.8. The van der Waals surface area contributed by atoms with Crippen molar-refractivity contribution < 1.29 is 0 Å². The van der Waals surface area contributed by atoms with E-state index >= 15 is 0 Å². The van der Waals surface area contributed by atoms with Crippen LogP contribution in [0.2, 0.25) is 0 Å². The van der Waals surface area contributed by atoms with Gasteiger partial charge in [0.05, 0.1) is 11.1 Å². The van der Waals surface area contributed by atoms with Gasteiger partial charge in [0.2, 0.25) is 0 Å². The van der Waals surface area contributed by atoms with E-state index in [1.54, 1.807) is 0 Å². The first kappa shape index (κ1) is 39.1. The maximum Gasteiger partial charge on any atom is 0.0714 e. The average Bonchev–Trinajstić information content (AvgIpc) is 3.71. The van der Waals surface area contributed by atoms with Crippen molar-refractivity contribution >= 4 is 27.8 Å². The molecule has 1 aliphatic rings. The lowest BCUT2D eigenvalue weighted by Gasteiger charge is -2.34. The molecule has 1 heteroatoms. The van der Waals surface area contributed by atoms with Gasteiger partial charge in [-0.15, -0.1) is 0 Å². The molecule has 1 nitrogen and oxygen atoms in total. The number of fused-ring (bicyclic) bond motifs is 4. The van der Waals surface area contributed by atoms with E-state index < -0.39 is 5.41 Å². The van der Waals surface area contributed by atoms with Crippen molar-refractivity contribution in [2.75, 3.05) is 4.90 Å². The fourth-order valence-electron chi connectivity index (χ4n) is 10.5. The van der Waals surface area contributed by atoms with E-state index in [2.05, 4.69) is 278 Å². The van der Waals surface area contributed by atoms with Gasteiger partial charge in [-0.3, -0.25) is 0 Å². The molecule has 66 heavy (non-hydrogen) atoms. The average molecular weight is 840 g/mol. The molecule has 0 saturated carbocycles. The van der Waals surface area contributed by atoms with Crippen LogP contribution >= 0.6 is 0 Å². The fourth-order valence-corrected chi connectivity index (χ4v) is 10.5. The second-order valence-electron chi connectivity index (χ2n) is 17.2. The van der Waals surface area contributed by atoms with Gasteiger partial charge in [0.25, 0.3) is 0 Å². The van der Waals surface area contributed by atoms with E-state index in [4.69, 9.17) is 0 Å². The van der Waals surface area contributed by atoms with Gasteiger partial charge in [-0.2, -0.15) is 0 Å². The Labute approximate surface area is 387 Å². The summed E-state index contributed by atoms with van der Waals surface area (Å²) in [6.07, 6.45) is 0. The topological polar surface area (TPSA) is 3.24 Å². The van der Waals surface area contributed by atoms with Crippen molar-refractivity contribution in [1.29, 1.82) is 0 Å². The minimum Gasteiger partial charge on any atom is -0.310 e. The molecule has 0 heterocycles. The molecular weight excluding hydrogens is 795 g/mol. The maximum atomic E-state index is 2.48. The summed E-state index contributed by atoms with van der Waals surface area (Å²) < 4.78 is 0. The van der Waals surface area contributed by atoms with E-state index in [-0.39, 0.29) is 0 Å². The molecule has 0 atom stereocenters. The number of nitrogens with zero attached hydrogens (tertiary/aromatic N) is 1. The highest BCUT2D eigenvalue weighted by atomic mass is 15.1. The number of anilines is 3. The van der Waals surface area contributed by atoms with Crippen LogP contribution in [0.4, 0.5) is 17.1 Å². The van der Waals surface area contributed by atoms with E-state index in [1.807, 2.05) is 0 Å². The number of rotatable bonds is 9. The summed E-state index contributed by atoms with van der Waals surface area (Å²) in [5.74, 6) is 0. The SMILES string of the molecule is c1ccc(-c2ccccc2-c2cccc(N(c3ccc(-c4ccc(-c5ccc6ccccc6c5)cc4)cc3)c3cccc4c3-c3ccccc3C4(c3ccccc3)c3ccccc3)c2)cc1. The number of hydrogen-bond acceptors (Lipinski definition) is 1. The summed E-state index contributed by atoms with van der Waals surface area (Å²) in [6.45, 7) is 0. The van der Waals surface area contributed by atoms with Gasteiger partial charge in [0.15, 0.2) is 0 Å². The zero-order chi connectivity index (χ0) is 43.9. The van der Waals surface area contributed by atoms with Crippen LogP contribution in [0.5, 0.6) is 0 Å². The molecule has 0 N–H and O–H groups in total. The Kier molecular flexibility index (Phi) is 9.81. The Morgan fingerprint density at radius 2 is 0.742 bits per heavy atom. The first-order chi connectivity index (χ1) is 32.7. The smallest absolute Gasteiger partial charge is 0.0714 e. The first-order valence-electron chi connectivity index (χ1n) is 22.8. The van der Waals surface area contributed by atoms with Gasteiger partial charge in [-0.05, 0) is 119 Å². The van der Waals surface area contributed by atoms with Crippen molar-refractivity contribution in [2.45, 2.75) is 5.41 Å². The number of benzene rings is 11. The van der Waals surface area contributed by atoms with Gasteiger partial charge < -0.3 is 4.90 Å². The van der Waals surface area contributed by atoms with Crippen molar-refractivity contribution in [3.63, 3.8) is 0 Å². The third-order valence-electron chi connectivity index (χ3n) is 13.6. The zero-order valence-corrected chi connectivity index (χ0v) is 36.4. The van der Waals surface area contributed by atoms with Crippen LogP contribution in [0.25, 0.3) is 66.4 Å². The Hall–Kier alpha value is -8.52. The molecule has 0 radical (unpaired) electrons. The van der Waals surface area contributed by atoms with Crippen LogP contribution in [-0.4, -0.2) is 0 Å². The van der Waals surface area contributed by atoms with Crippen LogP contribution in [0.15, 0.2) is 273 Å². The molecule has 1 aliphatic carbocycles. The Bertz CT molecular complexity index is 3460. The summed E-state index contributed by atoms with van der Waals surface area (Å²) in [5.41, 5.74) is 19.9. The minimum absolute atomic E-state index is 0.518. The molecule has 0 saturated heterocycles. The molecule has 0 spiro atoms. The van der Waals surface area contributed by atoms with E-state index in [0.29, 0.717) is 0 Å². The molecule has 0 fully saturated rings. The summed E-state index contributed by atoms with van der Waals surface area (Å²) >= 11 is 0. The molecule has 11 aromatic rings. The van der Waals surface area contributed by atoms with Crippen LogP contribution in [0, 0.1) is 0 Å². The summed E-state index contributed by atoms with van der Waals surface area (Å²) in [6, 6.07) is 100. The largest absolute Gasteiger partial charge is 0.310 e. The van der Waals surface area contributed by atoms with Gasteiger partial charge >= 0.3 is 0 Å². The van der Waals surface area contributed by atoms with Gasteiger partial charge in [-0.25, -0.2) is 0 Å². The monoisotopic (exact) mass is 839 g/mol. The Balaban J connectivity index is 1.03. The van der Waals surface area contributed by atoms with Crippen LogP contribution in [-0.2, 0) is 5.41 Å². The van der Waals surface area contributed by atoms with Crippen LogP contribution < -0.4 is 4.90 Å². The van der Waals surface area contributed by atoms with Gasteiger partial charge in [0, 0.05) is 16.9 Å². The molecule has 310 valence electrons. The van der Waals surface area contributed by atoms with Crippen LogP contribution in [0.3, 0.4) is 0 Å². The van der Waals surface area contributed by atoms with Crippen molar-refractivity contribution in [1.82, 2.24) is 0 Å². The quantitative estimate of drug-likeness (QED) is 0.140. The molecule has 0 unspecified atom stereocenters. The predicted molar refractivity (Wildman–Crippen MR) is 278 cm³/mol. The summed E-state index contributed by atoms with van der Waals surface area (Å²) in [5, 5.41) is 2.51. The molecule has 12 rings (SSSR count). The van der Waals surface area contributed by atoms with Crippen molar-refractivity contribution in [3.8, 4) is 55.6 Å². The Morgan fingerprint density at radius 1 is 0.258 bits per heavy atom. The van der Waals surface area contributed by atoms with Crippen molar-refractivity contribution in [2.24, 2.45) is 0 Å². The summed E-state index contributed by atoms with van der Waals surface area (Å²) in [4.78, 5) is 2.48. The highest BCUT2D eigenvalue weighted by Gasteiger charge is 2.47. The molecule has 0 aliphatic heterocycles. The highest BCUT2D eigenvalue weighted by molar-refractivity contribution is 5.98. The molecule has 0 bridgehead atoms. The maximum absolute atomic E-state index is 2.48. The number of hydrogen-bond donors (Lipinski definition) is 0.